The van der Waals surface area contributed by atoms with Gasteiger partial charge in [-0.1, -0.05) is 41.9 Å². The minimum absolute atomic E-state index is 0.0471. The topological polar surface area (TPSA) is 29.1 Å². The fourth-order valence-electron chi connectivity index (χ4n) is 2.36. The van der Waals surface area contributed by atoms with Gasteiger partial charge in [-0.15, -0.1) is 11.8 Å². The summed E-state index contributed by atoms with van der Waals surface area (Å²) in [5, 5.41) is 3.69. The molecule has 0 aliphatic heterocycles. The van der Waals surface area contributed by atoms with E-state index in [9.17, 15) is 4.79 Å². The van der Waals surface area contributed by atoms with Gasteiger partial charge >= 0.3 is 0 Å². The average molecular weight is 348 g/mol. The van der Waals surface area contributed by atoms with Gasteiger partial charge < -0.3 is 5.32 Å². The van der Waals surface area contributed by atoms with E-state index in [2.05, 4.69) is 31.3 Å². The number of benzene rings is 2. The molecular weight excluding hydrogens is 326 g/mol. The van der Waals surface area contributed by atoms with Crippen molar-refractivity contribution in [3.8, 4) is 0 Å². The van der Waals surface area contributed by atoms with Crippen molar-refractivity contribution in [3.05, 3.63) is 65.2 Å². The fraction of sp³-hybridized carbons (Fsp3) is 0.316. The number of carbonyl (C=O) groups is 1. The predicted octanol–water partition coefficient (Wildman–Crippen LogP) is 4.96. The Morgan fingerprint density at radius 3 is 2.35 bits per heavy atom. The Balaban J connectivity index is 1.92. The Labute approximate surface area is 147 Å². The number of hydrogen-bond donors (Lipinski definition) is 1. The van der Waals surface area contributed by atoms with Crippen LogP contribution in [-0.2, 0) is 11.2 Å². The molecule has 2 rings (SSSR count). The van der Waals surface area contributed by atoms with Gasteiger partial charge in [-0.25, -0.2) is 0 Å². The van der Waals surface area contributed by atoms with Crippen molar-refractivity contribution in [2.24, 2.45) is 0 Å². The predicted molar refractivity (Wildman–Crippen MR) is 99.1 cm³/mol. The first-order valence-electron chi connectivity index (χ1n) is 7.64. The molecule has 0 aliphatic rings. The summed E-state index contributed by atoms with van der Waals surface area (Å²) in [5.41, 5.74) is 0.934. The molecule has 1 N–H and O–H groups in total. The second kappa shape index (κ2) is 7.89. The number of rotatable bonds is 6. The first-order valence-corrected chi connectivity index (χ1v) is 8.90. The number of hydrogen-bond acceptors (Lipinski definition) is 2. The Kier molecular flexibility index (Phi) is 6.14. The number of nitrogens with one attached hydrogen (secondary N) is 1. The lowest BCUT2D eigenvalue weighted by Crippen LogP contribution is -2.47. The molecular formula is C19H22ClNOS. The lowest BCUT2D eigenvalue weighted by molar-refractivity contribution is -0.121. The molecule has 0 fully saturated rings. The van der Waals surface area contributed by atoms with Crippen LogP contribution in [0.25, 0.3) is 0 Å². The van der Waals surface area contributed by atoms with Crippen LogP contribution >= 0.6 is 23.4 Å². The first-order chi connectivity index (χ1) is 10.9. The molecule has 4 heteroatoms. The van der Waals surface area contributed by atoms with E-state index in [-0.39, 0.29) is 16.7 Å². The van der Waals surface area contributed by atoms with E-state index >= 15 is 0 Å². The largest absolute Gasteiger partial charge is 0.350 e. The van der Waals surface area contributed by atoms with Gasteiger partial charge in [0, 0.05) is 15.5 Å². The van der Waals surface area contributed by atoms with Crippen LogP contribution in [0.4, 0.5) is 0 Å². The Morgan fingerprint density at radius 2 is 1.74 bits per heavy atom. The molecule has 1 unspecified atom stereocenters. The molecule has 1 amide bonds. The normalized spacial score (nSPS) is 12.7. The van der Waals surface area contributed by atoms with Crippen LogP contribution in [0, 0.1) is 0 Å². The molecule has 23 heavy (non-hydrogen) atoms. The van der Waals surface area contributed by atoms with E-state index in [1.54, 1.807) is 0 Å². The van der Waals surface area contributed by atoms with E-state index in [1.165, 1.54) is 17.3 Å². The van der Waals surface area contributed by atoms with E-state index in [1.807, 2.05) is 49.4 Å². The van der Waals surface area contributed by atoms with Crippen LogP contribution in [0.2, 0.25) is 5.02 Å². The molecule has 0 spiro atoms. The zero-order valence-corrected chi connectivity index (χ0v) is 15.2. The lowest BCUT2D eigenvalue weighted by atomic mass is 9.95. The molecule has 0 heterocycles. The summed E-state index contributed by atoms with van der Waals surface area (Å²) in [5.74, 6) is 0.0471. The number of thioether (sulfide) groups is 1. The highest BCUT2D eigenvalue weighted by Gasteiger charge is 2.24. The highest BCUT2D eigenvalue weighted by Crippen LogP contribution is 2.25. The first kappa shape index (κ1) is 17.9. The number of amides is 1. The van der Waals surface area contributed by atoms with Gasteiger partial charge in [0.1, 0.15) is 0 Å². The van der Waals surface area contributed by atoms with Gasteiger partial charge in [-0.3, -0.25) is 4.79 Å². The average Bonchev–Trinajstić information content (AvgIpc) is 2.49. The van der Waals surface area contributed by atoms with Gasteiger partial charge in [-0.2, -0.15) is 0 Å². The van der Waals surface area contributed by atoms with E-state index in [0.717, 1.165) is 11.3 Å². The summed E-state index contributed by atoms with van der Waals surface area (Å²) in [4.78, 5) is 13.5. The molecule has 2 aromatic rings. The molecule has 0 bridgehead atoms. The van der Waals surface area contributed by atoms with Gasteiger partial charge in [0.2, 0.25) is 5.91 Å². The number of halogens is 1. The van der Waals surface area contributed by atoms with Crippen molar-refractivity contribution < 1.29 is 4.79 Å². The molecule has 2 aromatic carbocycles. The third-order valence-electron chi connectivity index (χ3n) is 3.45. The number of carbonyl (C=O) groups excluding carboxylic acids is 1. The lowest BCUT2D eigenvalue weighted by Gasteiger charge is -2.28. The molecule has 122 valence electrons. The standard InChI is InChI=1S/C19H22ClNOS/c1-14(23-17-11-9-16(20)10-12-17)18(22)21-19(2,3)13-15-7-5-4-6-8-15/h4-12,14H,13H2,1-3H3,(H,21,22). The van der Waals surface area contributed by atoms with Gasteiger partial charge in [0.25, 0.3) is 0 Å². The second-order valence-electron chi connectivity index (χ2n) is 6.25. The van der Waals surface area contributed by atoms with Crippen LogP contribution in [0.5, 0.6) is 0 Å². The smallest absolute Gasteiger partial charge is 0.233 e. The third-order valence-corrected chi connectivity index (χ3v) is 4.81. The monoisotopic (exact) mass is 347 g/mol. The van der Waals surface area contributed by atoms with Crippen molar-refractivity contribution in [2.45, 2.75) is 42.9 Å². The Bertz CT molecular complexity index is 640. The fourth-order valence-corrected chi connectivity index (χ4v) is 3.35. The van der Waals surface area contributed by atoms with Crippen molar-refractivity contribution in [3.63, 3.8) is 0 Å². The molecule has 2 nitrogen and oxygen atoms in total. The van der Waals surface area contributed by atoms with E-state index in [0.29, 0.717) is 5.02 Å². The summed E-state index contributed by atoms with van der Waals surface area (Å²) in [6.07, 6.45) is 0.803. The Hall–Kier alpha value is -1.45. The minimum atomic E-state index is -0.284. The molecule has 0 radical (unpaired) electrons. The van der Waals surface area contributed by atoms with Crippen LogP contribution in [0.3, 0.4) is 0 Å². The van der Waals surface area contributed by atoms with Gasteiger partial charge in [-0.05, 0) is 57.0 Å². The zero-order chi connectivity index (χ0) is 16.9. The zero-order valence-electron chi connectivity index (χ0n) is 13.7. The second-order valence-corrected chi connectivity index (χ2v) is 8.10. The van der Waals surface area contributed by atoms with Gasteiger partial charge in [0.15, 0.2) is 0 Å². The summed E-state index contributed by atoms with van der Waals surface area (Å²) in [6.45, 7) is 6.03. The maximum absolute atomic E-state index is 12.5. The quantitative estimate of drug-likeness (QED) is 0.748. The SMILES string of the molecule is CC(Sc1ccc(Cl)cc1)C(=O)NC(C)(C)Cc1ccccc1. The minimum Gasteiger partial charge on any atom is -0.350 e. The summed E-state index contributed by atoms with van der Waals surface area (Å²) < 4.78 is 0. The van der Waals surface area contributed by atoms with Crippen molar-refractivity contribution in [1.29, 1.82) is 0 Å². The van der Waals surface area contributed by atoms with Crippen LogP contribution in [-0.4, -0.2) is 16.7 Å². The molecule has 0 aliphatic carbocycles. The maximum Gasteiger partial charge on any atom is 0.233 e. The molecule has 0 aromatic heterocycles. The van der Waals surface area contributed by atoms with Gasteiger partial charge in [0.05, 0.1) is 5.25 Å². The maximum atomic E-state index is 12.5. The van der Waals surface area contributed by atoms with Crippen molar-refractivity contribution >= 4 is 29.3 Å². The van der Waals surface area contributed by atoms with Crippen molar-refractivity contribution in [1.82, 2.24) is 5.32 Å². The third kappa shape index (κ3) is 5.92. The summed E-state index contributed by atoms with van der Waals surface area (Å²) in [7, 11) is 0. The molecule has 1 atom stereocenters. The van der Waals surface area contributed by atoms with Crippen molar-refractivity contribution in [2.75, 3.05) is 0 Å². The highest BCUT2D eigenvalue weighted by molar-refractivity contribution is 8.00. The van der Waals surface area contributed by atoms with Crippen LogP contribution in [0.15, 0.2) is 59.5 Å². The van der Waals surface area contributed by atoms with E-state index < -0.39 is 0 Å². The van der Waals surface area contributed by atoms with E-state index in [4.69, 9.17) is 11.6 Å². The van der Waals surface area contributed by atoms with Crippen LogP contribution in [0.1, 0.15) is 26.3 Å². The summed E-state index contributed by atoms with van der Waals surface area (Å²) in [6, 6.07) is 17.8. The molecule has 0 saturated carbocycles. The Morgan fingerprint density at radius 1 is 1.13 bits per heavy atom. The van der Waals surface area contributed by atoms with Crippen LogP contribution < -0.4 is 5.32 Å². The molecule has 0 saturated heterocycles. The summed E-state index contributed by atoms with van der Waals surface area (Å²) >= 11 is 7.42. The highest BCUT2D eigenvalue weighted by atomic mass is 35.5.